The zero-order chi connectivity index (χ0) is 18.0. The van der Waals surface area contributed by atoms with Crippen molar-refractivity contribution in [1.29, 1.82) is 0 Å². The molecule has 7 atom stereocenters. The first-order valence-corrected chi connectivity index (χ1v) is 14.3. The average Bonchev–Trinajstić information content (AvgIpc) is 2.77. The van der Waals surface area contributed by atoms with Gasteiger partial charge in [-0.1, -0.05) is 26.7 Å². The predicted octanol–water partition coefficient (Wildman–Crippen LogP) is 5.82. The number of ketones is 1. The third-order valence-electron chi connectivity index (χ3n) is 8.79. The normalized spacial score (nSPS) is 50.1. The van der Waals surface area contributed by atoms with Crippen LogP contribution in [0.25, 0.3) is 0 Å². The highest BCUT2D eigenvalue weighted by Crippen LogP contribution is 2.65. The van der Waals surface area contributed by atoms with Gasteiger partial charge in [-0.3, -0.25) is 4.79 Å². The van der Waals surface area contributed by atoms with Crippen LogP contribution in [0.15, 0.2) is 0 Å². The lowest BCUT2D eigenvalue weighted by molar-refractivity contribution is -0.141. The van der Waals surface area contributed by atoms with E-state index in [4.69, 9.17) is 4.43 Å². The molecule has 0 unspecified atom stereocenters. The van der Waals surface area contributed by atoms with Gasteiger partial charge in [-0.25, -0.2) is 0 Å². The van der Waals surface area contributed by atoms with Gasteiger partial charge in [-0.15, -0.1) is 0 Å². The number of hydrogen-bond donors (Lipinski definition) is 0. The van der Waals surface area contributed by atoms with Gasteiger partial charge in [0.25, 0.3) is 0 Å². The molecular formula is C22H38O2Si. The van der Waals surface area contributed by atoms with Crippen LogP contribution < -0.4 is 0 Å². The number of fused-ring (bicyclic) bond motifs is 5. The second-order valence-corrected chi connectivity index (χ2v) is 15.6. The summed E-state index contributed by atoms with van der Waals surface area (Å²) in [5, 5.41) is 0. The SMILES string of the molecule is C[C@]12CCCC[C@@H]1CC[C@@H]1[C@@H]2CC[C@]2(C)C(=O)[C@H](O[Si](C)(C)C)C[C@@H]12. The van der Waals surface area contributed by atoms with Gasteiger partial charge in [0, 0.05) is 5.41 Å². The van der Waals surface area contributed by atoms with Crippen molar-refractivity contribution in [1.82, 2.24) is 0 Å². The molecule has 0 amide bonds. The molecule has 25 heavy (non-hydrogen) atoms. The van der Waals surface area contributed by atoms with Crippen molar-refractivity contribution in [2.24, 2.45) is 34.5 Å². The Kier molecular flexibility index (Phi) is 4.32. The molecule has 0 heterocycles. The molecule has 0 aliphatic heterocycles. The molecular weight excluding hydrogens is 324 g/mol. The lowest BCUT2D eigenvalue weighted by atomic mass is 9.45. The van der Waals surface area contributed by atoms with Crippen LogP contribution in [0.2, 0.25) is 19.6 Å². The van der Waals surface area contributed by atoms with E-state index in [1.54, 1.807) is 0 Å². The third kappa shape index (κ3) is 2.79. The van der Waals surface area contributed by atoms with Crippen molar-refractivity contribution in [3.05, 3.63) is 0 Å². The number of rotatable bonds is 2. The Morgan fingerprint density at radius 2 is 1.72 bits per heavy atom. The Morgan fingerprint density at radius 1 is 0.960 bits per heavy atom. The second-order valence-electron chi connectivity index (χ2n) is 11.2. The molecule has 0 aromatic heterocycles. The van der Waals surface area contributed by atoms with Gasteiger partial charge >= 0.3 is 0 Å². The van der Waals surface area contributed by atoms with Crippen molar-refractivity contribution in [3.8, 4) is 0 Å². The Hall–Kier alpha value is -0.153. The molecule has 0 N–H and O–H groups in total. The minimum absolute atomic E-state index is 0.0939. The molecule has 4 aliphatic rings. The topological polar surface area (TPSA) is 26.3 Å². The summed E-state index contributed by atoms with van der Waals surface area (Å²) in [6, 6.07) is 0. The van der Waals surface area contributed by atoms with Crippen LogP contribution in [0, 0.1) is 34.5 Å². The lowest BCUT2D eigenvalue weighted by Crippen LogP contribution is -2.52. The summed E-state index contributed by atoms with van der Waals surface area (Å²) < 4.78 is 6.37. The summed E-state index contributed by atoms with van der Waals surface area (Å²) in [6.07, 6.45) is 11.9. The quantitative estimate of drug-likeness (QED) is 0.579. The fourth-order valence-corrected chi connectivity index (χ4v) is 8.65. The van der Waals surface area contributed by atoms with Crippen molar-refractivity contribution in [2.45, 2.75) is 97.4 Å². The first kappa shape index (κ1) is 18.2. The zero-order valence-corrected chi connectivity index (χ0v) is 18.1. The summed E-state index contributed by atoms with van der Waals surface area (Å²) in [7, 11) is -1.67. The maximum Gasteiger partial charge on any atom is 0.184 e. The van der Waals surface area contributed by atoms with E-state index in [1.807, 2.05) is 0 Å². The van der Waals surface area contributed by atoms with E-state index < -0.39 is 8.32 Å². The summed E-state index contributed by atoms with van der Waals surface area (Å²) in [5.74, 6) is 3.63. The average molecular weight is 363 g/mol. The first-order chi connectivity index (χ1) is 11.7. The number of carbonyl (C=O) groups is 1. The Bertz CT molecular complexity index is 553. The predicted molar refractivity (Wildman–Crippen MR) is 105 cm³/mol. The van der Waals surface area contributed by atoms with Gasteiger partial charge in [-0.2, -0.15) is 0 Å². The highest BCUT2D eigenvalue weighted by atomic mass is 28.4. The largest absolute Gasteiger partial charge is 0.408 e. The zero-order valence-electron chi connectivity index (χ0n) is 17.1. The minimum Gasteiger partial charge on any atom is -0.408 e. The number of carbonyl (C=O) groups excluding carboxylic acids is 1. The maximum absolute atomic E-state index is 13.3. The van der Waals surface area contributed by atoms with Crippen molar-refractivity contribution in [3.63, 3.8) is 0 Å². The minimum atomic E-state index is -1.67. The molecule has 4 fully saturated rings. The summed E-state index contributed by atoms with van der Waals surface area (Å²) >= 11 is 0. The van der Waals surface area contributed by atoms with Gasteiger partial charge < -0.3 is 4.43 Å². The van der Waals surface area contributed by atoms with E-state index in [0.29, 0.717) is 17.1 Å². The van der Waals surface area contributed by atoms with Crippen molar-refractivity contribution in [2.75, 3.05) is 0 Å². The Balaban J connectivity index is 1.60. The molecule has 0 aromatic rings. The van der Waals surface area contributed by atoms with Gasteiger partial charge in [-0.05, 0) is 93.7 Å². The van der Waals surface area contributed by atoms with E-state index in [-0.39, 0.29) is 11.5 Å². The van der Waals surface area contributed by atoms with E-state index in [2.05, 4.69) is 33.5 Å². The maximum atomic E-state index is 13.3. The molecule has 4 saturated carbocycles. The van der Waals surface area contributed by atoms with E-state index >= 15 is 0 Å². The van der Waals surface area contributed by atoms with Gasteiger partial charge in [0.1, 0.15) is 6.10 Å². The van der Waals surface area contributed by atoms with Gasteiger partial charge in [0.15, 0.2) is 14.1 Å². The smallest absolute Gasteiger partial charge is 0.184 e. The van der Waals surface area contributed by atoms with Crippen LogP contribution in [0.3, 0.4) is 0 Å². The molecule has 3 heteroatoms. The standard InChI is InChI=1S/C22H38O2Si/c1-21-12-7-6-8-15(21)9-10-16-17(21)11-13-22(2)18(16)14-19(20(22)23)24-25(3,4)5/h15-19H,6-14H2,1-5H3/t15-,16-,17+,18+,19-,21+,22+/m1/s1. The molecule has 0 saturated heterocycles. The van der Waals surface area contributed by atoms with Crippen molar-refractivity contribution < 1.29 is 9.22 Å². The number of hydrogen-bond acceptors (Lipinski definition) is 2. The van der Waals surface area contributed by atoms with Crippen LogP contribution in [0.4, 0.5) is 0 Å². The Labute approximate surface area is 155 Å². The van der Waals surface area contributed by atoms with Crippen LogP contribution in [0.1, 0.15) is 71.6 Å². The van der Waals surface area contributed by atoms with Gasteiger partial charge in [0.2, 0.25) is 0 Å². The molecule has 142 valence electrons. The number of Topliss-reactive ketones (excluding diaryl/α,β-unsaturated/α-hetero) is 1. The van der Waals surface area contributed by atoms with E-state index in [1.165, 1.54) is 44.9 Å². The molecule has 0 bridgehead atoms. The van der Waals surface area contributed by atoms with Crippen molar-refractivity contribution >= 4 is 14.1 Å². The lowest BCUT2D eigenvalue weighted by Gasteiger charge is -2.59. The highest BCUT2D eigenvalue weighted by Gasteiger charge is 2.62. The highest BCUT2D eigenvalue weighted by molar-refractivity contribution is 6.69. The monoisotopic (exact) mass is 362 g/mol. The molecule has 0 spiro atoms. The molecule has 4 aliphatic carbocycles. The summed E-state index contributed by atoms with van der Waals surface area (Å²) in [5.41, 5.74) is 0.465. The fourth-order valence-electron chi connectivity index (χ4n) is 7.59. The summed E-state index contributed by atoms with van der Waals surface area (Å²) in [4.78, 5) is 13.3. The summed E-state index contributed by atoms with van der Waals surface area (Å²) in [6.45, 7) is 11.6. The van der Waals surface area contributed by atoms with E-state index in [0.717, 1.165) is 30.6 Å². The molecule has 2 nitrogen and oxygen atoms in total. The third-order valence-corrected chi connectivity index (χ3v) is 9.78. The van der Waals surface area contributed by atoms with Crippen LogP contribution in [-0.2, 0) is 9.22 Å². The second kappa shape index (κ2) is 5.92. The van der Waals surface area contributed by atoms with Crippen LogP contribution >= 0.6 is 0 Å². The van der Waals surface area contributed by atoms with Gasteiger partial charge in [0.05, 0.1) is 0 Å². The Morgan fingerprint density at radius 3 is 2.44 bits per heavy atom. The van der Waals surface area contributed by atoms with E-state index in [9.17, 15) is 4.79 Å². The molecule has 0 aromatic carbocycles. The van der Waals surface area contributed by atoms with Crippen LogP contribution in [0.5, 0.6) is 0 Å². The fraction of sp³-hybridized carbons (Fsp3) is 0.955. The first-order valence-electron chi connectivity index (χ1n) is 10.9. The molecule has 0 radical (unpaired) electrons. The van der Waals surface area contributed by atoms with Crippen LogP contribution in [-0.4, -0.2) is 20.2 Å². The molecule has 4 rings (SSSR count).